The Morgan fingerprint density at radius 3 is 2.89 bits per heavy atom. The summed E-state index contributed by atoms with van der Waals surface area (Å²) in [6.45, 7) is 1.08. The number of non-ortho nitro benzene ring substituents is 1. The monoisotopic (exact) mass is 250 g/mol. The highest BCUT2D eigenvalue weighted by atomic mass is 16.6. The highest BCUT2D eigenvalue weighted by Gasteiger charge is 2.41. The molecule has 1 aliphatic heterocycles. The van der Waals surface area contributed by atoms with E-state index < -0.39 is 16.3 Å². The third-order valence-corrected chi connectivity index (χ3v) is 3.36. The van der Waals surface area contributed by atoms with Gasteiger partial charge < -0.3 is 10.4 Å². The molecule has 96 valence electrons. The maximum Gasteiger partial charge on any atom is 0.311 e. The Bertz CT molecular complexity index is 481. The minimum atomic E-state index is -0.848. The lowest BCUT2D eigenvalue weighted by atomic mass is 9.81. The first-order valence-electron chi connectivity index (χ1n) is 5.71. The largest absolute Gasteiger partial charge is 0.481 e. The Hall–Kier alpha value is -1.95. The number of rotatable bonds is 4. The fourth-order valence-electron chi connectivity index (χ4n) is 2.32. The van der Waals surface area contributed by atoms with Gasteiger partial charge in [0.25, 0.3) is 5.69 Å². The van der Waals surface area contributed by atoms with Gasteiger partial charge in [-0.05, 0) is 24.9 Å². The van der Waals surface area contributed by atoms with Crippen LogP contribution in [0.3, 0.4) is 0 Å². The van der Waals surface area contributed by atoms with Gasteiger partial charge in [0.15, 0.2) is 0 Å². The van der Waals surface area contributed by atoms with E-state index in [4.69, 9.17) is 0 Å². The summed E-state index contributed by atoms with van der Waals surface area (Å²) in [5, 5.41) is 23.0. The number of nitro groups is 1. The molecule has 6 heteroatoms. The van der Waals surface area contributed by atoms with Crippen molar-refractivity contribution in [3.05, 3.63) is 39.9 Å². The lowest BCUT2D eigenvalue weighted by Gasteiger charge is -2.22. The molecule has 1 aliphatic rings. The molecule has 0 amide bonds. The summed E-state index contributed by atoms with van der Waals surface area (Å²) in [6, 6.07) is 6.17. The van der Waals surface area contributed by atoms with Gasteiger partial charge >= 0.3 is 5.97 Å². The van der Waals surface area contributed by atoms with Crippen LogP contribution in [0.4, 0.5) is 5.69 Å². The highest BCUT2D eigenvalue weighted by Crippen LogP contribution is 2.31. The maximum absolute atomic E-state index is 11.4. The van der Waals surface area contributed by atoms with Crippen molar-refractivity contribution < 1.29 is 14.8 Å². The van der Waals surface area contributed by atoms with Gasteiger partial charge in [-0.1, -0.05) is 12.1 Å². The molecular formula is C12H14N2O4. The standard InChI is InChI=1S/C12H14N2O4/c15-11(16)12(4-5-13-8-12)7-9-2-1-3-10(6-9)14(17)18/h1-3,6,13H,4-5,7-8H2,(H,15,16). The first kappa shape index (κ1) is 12.5. The van der Waals surface area contributed by atoms with Crippen LogP contribution in [0, 0.1) is 15.5 Å². The van der Waals surface area contributed by atoms with Crippen molar-refractivity contribution in [1.82, 2.24) is 5.32 Å². The van der Waals surface area contributed by atoms with E-state index in [2.05, 4.69) is 5.32 Å². The first-order valence-corrected chi connectivity index (χ1v) is 5.71. The number of carbonyl (C=O) groups is 1. The normalized spacial score (nSPS) is 22.9. The van der Waals surface area contributed by atoms with Gasteiger partial charge in [-0.3, -0.25) is 14.9 Å². The van der Waals surface area contributed by atoms with E-state index in [0.29, 0.717) is 31.5 Å². The Balaban J connectivity index is 2.24. The molecule has 1 aromatic carbocycles. The minimum Gasteiger partial charge on any atom is -0.481 e. The highest BCUT2D eigenvalue weighted by molar-refractivity contribution is 5.76. The Kier molecular flexibility index (Phi) is 3.29. The van der Waals surface area contributed by atoms with Crippen LogP contribution < -0.4 is 5.32 Å². The number of hydrogen-bond donors (Lipinski definition) is 2. The summed E-state index contributed by atoms with van der Waals surface area (Å²) >= 11 is 0. The third kappa shape index (κ3) is 2.33. The van der Waals surface area contributed by atoms with Crippen LogP contribution >= 0.6 is 0 Å². The second kappa shape index (κ2) is 4.73. The molecule has 0 saturated carbocycles. The fraction of sp³-hybridized carbons (Fsp3) is 0.417. The van der Waals surface area contributed by atoms with Crippen LogP contribution in [-0.2, 0) is 11.2 Å². The number of carboxylic acids is 1. The van der Waals surface area contributed by atoms with Gasteiger partial charge in [0.1, 0.15) is 0 Å². The number of aliphatic carboxylic acids is 1. The summed E-state index contributed by atoms with van der Waals surface area (Å²) in [5.41, 5.74) is -0.149. The molecule has 0 aromatic heterocycles. The van der Waals surface area contributed by atoms with E-state index >= 15 is 0 Å². The van der Waals surface area contributed by atoms with Crippen molar-refractivity contribution in [2.45, 2.75) is 12.8 Å². The van der Waals surface area contributed by atoms with E-state index in [0.717, 1.165) is 0 Å². The molecular weight excluding hydrogens is 236 g/mol. The minimum absolute atomic E-state index is 0.000931. The predicted molar refractivity (Wildman–Crippen MR) is 64.4 cm³/mol. The second-order valence-corrected chi connectivity index (χ2v) is 4.62. The lowest BCUT2D eigenvalue weighted by molar-refractivity contribution is -0.384. The number of benzene rings is 1. The molecule has 18 heavy (non-hydrogen) atoms. The molecule has 0 bridgehead atoms. The van der Waals surface area contributed by atoms with E-state index in [9.17, 15) is 20.0 Å². The molecule has 1 atom stereocenters. The van der Waals surface area contributed by atoms with Crippen LogP contribution in [0.5, 0.6) is 0 Å². The predicted octanol–water partition coefficient (Wildman–Crippen LogP) is 1.20. The molecule has 1 unspecified atom stereocenters. The number of nitro benzene ring substituents is 1. The molecule has 0 radical (unpaired) electrons. The molecule has 1 heterocycles. The van der Waals surface area contributed by atoms with Crippen molar-refractivity contribution in [3.8, 4) is 0 Å². The van der Waals surface area contributed by atoms with E-state index in [1.165, 1.54) is 12.1 Å². The lowest BCUT2D eigenvalue weighted by Crippen LogP contribution is -2.35. The van der Waals surface area contributed by atoms with Gasteiger partial charge in [-0.15, -0.1) is 0 Å². The molecule has 1 saturated heterocycles. The van der Waals surface area contributed by atoms with Crippen molar-refractivity contribution in [2.75, 3.05) is 13.1 Å². The van der Waals surface area contributed by atoms with Gasteiger partial charge in [-0.25, -0.2) is 0 Å². The summed E-state index contributed by atoms with van der Waals surface area (Å²) < 4.78 is 0. The molecule has 2 N–H and O–H groups in total. The van der Waals surface area contributed by atoms with Crippen LogP contribution in [0.2, 0.25) is 0 Å². The molecule has 1 aromatic rings. The summed E-state index contributed by atoms with van der Waals surface area (Å²) in [6.07, 6.45) is 0.863. The molecule has 6 nitrogen and oxygen atoms in total. The van der Waals surface area contributed by atoms with E-state index in [1.54, 1.807) is 12.1 Å². The van der Waals surface area contributed by atoms with Gasteiger partial charge in [0, 0.05) is 18.7 Å². The Labute approximate surface area is 104 Å². The fourth-order valence-corrected chi connectivity index (χ4v) is 2.32. The van der Waals surface area contributed by atoms with Gasteiger partial charge in [0.05, 0.1) is 10.3 Å². The summed E-state index contributed by atoms with van der Waals surface area (Å²) in [7, 11) is 0. The number of hydrogen-bond acceptors (Lipinski definition) is 4. The van der Waals surface area contributed by atoms with Crippen LogP contribution in [0.15, 0.2) is 24.3 Å². The van der Waals surface area contributed by atoms with Crippen LogP contribution in [0.25, 0.3) is 0 Å². The summed E-state index contributed by atoms with van der Waals surface area (Å²) in [5.74, 6) is -0.848. The zero-order valence-electron chi connectivity index (χ0n) is 9.76. The maximum atomic E-state index is 11.4. The molecule has 0 aliphatic carbocycles. The van der Waals surface area contributed by atoms with Crippen molar-refractivity contribution in [3.63, 3.8) is 0 Å². The zero-order chi connectivity index (χ0) is 13.2. The van der Waals surface area contributed by atoms with Crippen molar-refractivity contribution in [2.24, 2.45) is 5.41 Å². The molecule has 1 fully saturated rings. The van der Waals surface area contributed by atoms with Crippen molar-refractivity contribution in [1.29, 1.82) is 0 Å². The topological polar surface area (TPSA) is 92.5 Å². The first-order chi connectivity index (χ1) is 8.53. The van der Waals surface area contributed by atoms with Gasteiger partial charge in [-0.2, -0.15) is 0 Å². The smallest absolute Gasteiger partial charge is 0.311 e. The quantitative estimate of drug-likeness (QED) is 0.618. The Morgan fingerprint density at radius 2 is 2.33 bits per heavy atom. The van der Waals surface area contributed by atoms with Crippen LogP contribution in [0.1, 0.15) is 12.0 Å². The second-order valence-electron chi connectivity index (χ2n) is 4.62. The van der Waals surface area contributed by atoms with Crippen LogP contribution in [-0.4, -0.2) is 29.1 Å². The summed E-state index contributed by atoms with van der Waals surface area (Å²) in [4.78, 5) is 21.6. The number of nitrogens with one attached hydrogen (secondary N) is 1. The average Bonchev–Trinajstić information content (AvgIpc) is 2.79. The number of nitrogens with zero attached hydrogens (tertiary/aromatic N) is 1. The van der Waals surface area contributed by atoms with E-state index in [1.807, 2.05) is 0 Å². The van der Waals surface area contributed by atoms with Gasteiger partial charge in [0.2, 0.25) is 0 Å². The van der Waals surface area contributed by atoms with E-state index in [-0.39, 0.29) is 5.69 Å². The third-order valence-electron chi connectivity index (χ3n) is 3.36. The SMILES string of the molecule is O=C(O)C1(Cc2cccc([N+](=O)[O-])c2)CCNC1. The van der Waals surface area contributed by atoms with Crippen molar-refractivity contribution >= 4 is 11.7 Å². The Morgan fingerprint density at radius 1 is 1.56 bits per heavy atom. The molecule has 2 rings (SSSR count). The number of carboxylic acid groups (broad SMARTS) is 1. The average molecular weight is 250 g/mol. The molecule has 0 spiro atoms. The zero-order valence-corrected chi connectivity index (χ0v) is 9.76.